The largest absolute Gasteiger partial charge is 0.392 e. The smallest absolute Gasteiger partial charge is 0.261 e. The molecule has 0 aliphatic carbocycles. The molecule has 2 aromatic rings. The molecule has 2 N–H and O–H groups in total. The third kappa shape index (κ3) is 3.58. The van der Waals surface area contributed by atoms with Crippen LogP contribution in [0.5, 0.6) is 0 Å². The molecule has 0 fully saturated rings. The Balaban J connectivity index is 2.41. The lowest BCUT2D eigenvalue weighted by Gasteiger charge is -2.11. The highest BCUT2D eigenvalue weighted by molar-refractivity contribution is 9.10. The van der Waals surface area contributed by atoms with Crippen LogP contribution in [0.1, 0.15) is 5.56 Å². The van der Waals surface area contributed by atoms with E-state index in [-0.39, 0.29) is 16.1 Å². The molecule has 0 spiro atoms. The zero-order valence-electron chi connectivity index (χ0n) is 10.5. The van der Waals surface area contributed by atoms with E-state index in [2.05, 4.69) is 20.7 Å². The number of hydrogen-bond acceptors (Lipinski definition) is 3. The lowest BCUT2D eigenvalue weighted by atomic mass is 10.2. The number of halogens is 3. The Labute approximate surface area is 128 Å². The number of nitrogens with one attached hydrogen (secondary N) is 1. The molecule has 0 saturated heterocycles. The fourth-order valence-corrected chi connectivity index (χ4v) is 3.22. The van der Waals surface area contributed by atoms with Gasteiger partial charge in [-0.25, -0.2) is 17.2 Å². The first-order valence-corrected chi connectivity index (χ1v) is 7.98. The standard InChI is InChI=1S/C13H10BrF2NO3S/c14-11-3-1-9(15)6-13(11)17-21(19,20)10-2-4-12(16)8(5-10)7-18/h1-6,17-18H,7H2. The highest BCUT2D eigenvalue weighted by atomic mass is 79.9. The van der Waals surface area contributed by atoms with Gasteiger partial charge in [0.1, 0.15) is 11.6 Å². The van der Waals surface area contributed by atoms with E-state index in [0.717, 1.165) is 24.3 Å². The number of aliphatic hydroxyl groups excluding tert-OH is 1. The van der Waals surface area contributed by atoms with Gasteiger partial charge in [0.15, 0.2) is 0 Å². The molecule has 0 bridgehead atoms. The van der Waals surface area contributed by atoms with Crippen molar-refractivity contribution < 1.29 is 22.3 Å². The van der Waals surface area contributed by atoms with Crippen molar-refractivity contribution >= 4 is 31.6 Å². The van der Waals surface area contributed by atoms with Crippen LogP contribution in [-0.2, 0) is 16.6 Å². The van der Waals surface area contributed by atoms with E-state index in [1.54, 1.807) is 0 Å². The van der Waals surface area contributed by atoms with Gasteiger partial charge < -0.3 is 5.11 Å². The minimum absolute atomic E-state index is 0.0184. The molecule has 4 nitrogen and oxygen atoms in total. The summed E-state index contributed by atoms with van der Waals surface area (Å²) in [5, 5.41) is 8.97. The van der Waals surface area contributed by atoms with Crippen LogP contribution in [0.3, 0.4) is 0 Å². The van der Waals surface area contributed by atoms with Crippen molar-refractivity contribution in [2.24, 2.45) is 0 Å². The van der Waals surface area contributed by atoms with Crippen molar-refractivity contribution in [2.45, 2.75) is 11.5 Å². The van der Waals surface area contributed by atoms with Crippen molar-refractivity contribution in [3.63, 3.8) is 0 Å². The fourth-order valence-electron chi connectivity index (χ4n) is 1.62. The van der Waals surface area contributed by atoms with E-state index < -0.39 is 28.3 Å². The molecule has 8 heteroatoms. The van der Waals surface area contributed by atoms with Gasteiger partial charge in [-0.05, 0) is 52.3 Å². The Kier molecular flexibility index (Phi) is 4.60. The Morgan fingerprint density at radius 3 is 2.52 bits per heavy atom. The number of rotatable bonds is 4. The van der Waals surface area contributed by atoms with E-state index >= 15 is 0 Å². The zero-order valence-corrected chi connectivity index (χ0v) is 12.9. The van der Waals surface area contributed by atoms with Gasteiger partial charge in [0.2, 0.25) is 0 Å². The molecule has 21 heavy (non-hydrogen) atoms. The second kappa shape index (κ2) is 6.08. The maximum atomic E-state index is 13.3. The molecule has 0 radical (unpaired) electrons. The third-order valence-corrected chi connectivity index (χ3v) is 4.73. The molecule has 0 amide bonds. The van der Waals surface area contributed by atoms with Gasteiger partial charge in [0.05, 0.1) is 17.2 Å². The van der Waals surface area contributed by atoms with Crippen LogP contribution in [0.15, 0.2) is 45.8 Å². The van der Waals surface area contributed by atoms with Gasteiger partial charge in [-0.2, -0.15) is 0 Å². The Bertz CT molecular complexity index is 781. The van der Waals surface area contributed by atoms with E-state index in [1.807, 2.05) is 0 Å². The summed E-state index contributed by atoms with van der Waals surface area (Å²) in [6.07, 6.45) is 0. The van der Waals surface area contributed by atoms with Crippen LogP contribution in [0.2, 0.25) is 0 Å². The number of anilines is 1. The van der Waals surface area contributed by atoms with Crippen LogP contribution in [0.25, 0.3) is 0 Å². The van der Waals surface area contributed by atoms with E-state index in [1.165, 1.54) is 12.1 Å². The summed E-state index contributed by atoms with van der Waals surface area (Å²) >= 11 is 3.10. The number of hydrogen-bond donors (Lipinski definition) is 2. The second-order valence-corrected chi connectivity index (χ2v) is 6.68. The Hall–Kier alpha value is -1.51. The summed E-state index contributed by atoms with van der Waals surface area (Å²) < 4.78 is 53.4. The van der Waals surface area contributed by atoms with Crippen LogP contribution in [-0.4, -0.2) is 13.5 Å². The summed E-state index contributed by atoms with van der Waals surface area (Å²) in [5.41, 5.74) is -0.124. The molecule has 2 rings (SSSR count). The first-order valence-electron chi connectivity index (χ1n) is 5.70. The minimum Gasteiger partial charge on any atom is -0.392 e. The van der Waals surface area contributed by atoms with Crippen molar-refractivity contribution in [3.8, 4) is 0 Å². The van der Waals surface area contributed by atoms with Gasteiger partial charge >= 0.3 is 0 Å². The van der Waals surface area contributed by atoms with Gasteiger partial charge in [-0.3, -0.25) is 4.72 Å². The predicted octanol–water partition coefficient (Wildman–Crippen LogP) is 3.02. The maximum Gasteiger partial charge on any atom is 0.261 e. The van der Waals surface area contributed by atoms with Crippen molar-refractivity contribution in [2.75, 3.05) is 4.72 Å². The number of aliphatic hydroxyl groups is 1. The topological polar surface area (TPSA) is 66.4 Å². The Morgan fingerprint density at radius 2 is 1.86 bits per heavy atom. The SMILES string of the molecule is O=S(=O)(Nc1cc(F)ccc1Br)c1ccc(F)c(CO)c1. The van der Waals surface area contributed by atoms with Crippen LogP contribution < -0.4 is 4.72 Å². The van der Waals surface area contributed by atoms with Crippen LogP contribution in [0.4, 0.5) is 14.5 Å². The van der Waals surface area contributed by atoms with Crippen molar-refractivity contribution in [1.29, 1.82) is 0 Å². The first kappa shape index (κ1) is 15.9. The quantitative estimate of drug-likeness (QED) is 0.860. The maximum absolute atomic E-state index is 13.3. The third-order valence-electron chi connectivity index (χ3n) is 2.67. The molecule has 0 saturated carbocycles. The monoisotopic (exact) mass is 377 g/mol. The van der Waals surface area contributed by atoms with Gasteiger partial charge in [0.25, 0.3) is 10.0 Å². The fraction of sp³-hybridized carbons (Fsp3) is 0.0769. The lowest BCUT2D eigenvalue weighted by molar-refractivity contribution is 0.275. The average Bonchev–Trinajstić information content (AvgIpc) is 2.43. The summed E-state index contributed by atoms with van der Waals surface area (Å²) in [6.45, 7) is -0.626. The zero-order chi connectivity index (χ0) is 15.6. The first-order chi connectivity index (χ1) is 9.83. The molecule has 0 aliphatic heterocycles. The number of benzene rings is 2. The molecular weight excluding hydrogens is 368 g/mol. The summed E-state index contributed by atoms with van der Waals surface area (Å²) in [7, 11) is -4.03. The second-order valence-electron chi connectivity index (χ2n) is 4.14. The molecule has 0 aliphatic rings. The molecule has 112 valence electrons. The Morgan fingerprint density at radius 1 is 1.14 bits per heavy atom. The molecule has 2 aromatic carbocycles. The highest BCUT2D eigenvalue weighted by Gasteiger charge is 2.18. The summed E-state index contributed by atoms with van der Waals surface area (Å²) in [5.74, 6) is -1.31. The van der Waals surface area contributed by atoms with Crippen LogP contribution in [0, 0.1) is 11.6 Å². The summed E-state index contributed by atoms with van der Waals surface area (Å²) in [6, 6.07) is 6.56. The lowest BCUT2D eigenvalue weighted by Crippen LogP contribution is -2.14. The normalized spacial score (nSPS) is 11.4. The molecule has 0 unspecified atom stereocenters. The average molecular weight is 378 g/mol. The van der Waals surface area contributed by atoms with Gasteiger partial charge in [0, 0.05) is 10.0 Å². The van der Waals surface area contributed by atoms with Gasteiger partial charge in [-0.1, -0.05) is 0 Å². The summed E-state index contributed by atoms with van der Waals surface area (Å²) in [4.78, 5) is -0.232. The van der Waals surface area contributed by atoms with E-state index in [9.17, 15) is 17.2 Å². The number of sulfonamides is 1. The molecular formula is C13H10BrF2NO3S. The highest BCUT2D eigenvalue weighted by Crippen LogP contribution is 2.26. The van der Waals surface area contributed by atoms with E-state index in [4.69, 9.17) is 5.11 Å². The molecule has 0 heterocycles. The molecule has 0 atom stereocenters. The predicted molar refractivity (Wildman–Crippen MR) is 77.2 cm³/mol. The van der Waals surface area contributed by atoms with Crippen LogP contribution >= 0.6 is 15.9 Å². The van der Waals surface area contributed by atoms with Crippen molar-refractivity contribution in [3.05, 3.63) is 58.1 Å². The van der Waals surface area contributed by atoms with Gasteiger partial charge in [-0.15, -0.1) is 0 Å². The molecule has 0 aromatic heterocycles. The van der Waals surface area contributed by atoms with E-state index in [0.29, 0.717) is 4.47 Å². The van der Waals surface area contributed by atoms with Crippen molar-refractivity contribution in [1.82, 2.24) is 0 Å². The minimum atomic E-state index is -4.03.